The van der Waals surface area contributed by atoms with Gasteiger partial charge in [-0.2, -0.15) is 5.10 Å². The number of halogens is 1. The average Bonchev–Trinajstić information content (AvgIpc) is 3.57. The lowest BCUT2D eigenvalue weighted by atomic mass is 9.90. The minimum atomic E-state index is -0.267. The molecule has 1 saturated carbocycles. The summed E-state index contributed by atoms with van der Waals surface area (Å²) in [5.41, 5.74) is 4.01. The third kappa shape index (κ3) is 4.08. The van der Waals surface area contributed by atoms with Crippen LogP contribution in [-0.2, 0) is 4.79 Å². The molecule has 1 aliphatic carbocycles. The fraction of sp³-hybridized carbons (Fsp3) is 0.286. The van der Waals surface area contributed by atoms with Crippen molar-refractivity contribution < 1.29 is 9.18 Å². The summed E-state index contributed by atoms with van der Waals surface area (Å²) >= 11 is 1.77. The Morgan fingerprint density at radius 2 is 1.74 bits per heavy atom. The van der Waals surface area contributed by atoms with E-state index in [9.17, 15) is 9.18 Å². The number of nitrogens with zero attached hydrogens (tertiary/aromatic N) is 3. The quantitative estimate of drug-likeness (QED) is 0.349. The number of aromatic nitrogens is 2. The van der Waals surface area contributed by atoms with Gasteiger partial charge in [-0.1, -0.05) is 30.3 Å². The number of hydrogen-bond acceptors (Lipinski definition) is 4. The van der Waals surface area contributed by atoms with Gasteiger partial charge in [0, 0.05) is 17.0 Å². The van der Waals surface area contributed by atoms with E-state index in [4.69, 9.17) is 0 Å². The van der Waals surface area contributed by atoms with Gasteiger partial charge in [-0.15, -0.1) is 0 Å². The zero-order valence-electron chi connectivity index (χ0n) is 19.7. The van der Waals surface area contributed by atoms with E-state index in [1.165, 1.54) is 17.7 Å². The normalized spacial score (nSPS) is 21.4. The predicted octanol–water partition coefficient (Wildman–Crippen LogP) is 6.05. The first-order chi connectivity index (χ1) is 16.9. The molecule has 35 heavy (non-hydrogen) atoms. The van der Waals surface area contributed by atoms with Gasteiger partial charge in [0.15, 0.2) is 0 Å². The lowest BCUT2D eigenvalue weighted by molar-refractivity contribution is -0.123. The minimum absolute atomic E-state index is 0.0107. The summed E-state index contributed by atoms with van der Waals surface area (Å²) in [5, 5.41) is 8.96. The number of rotatable bonds is 5. The molecule has 7 heteroatoms. The fourth-order valence-electron chi connectivity index (χ4n) is 4.89. The van der Waals surface area contributed by atoms with Crippen LogP contribution in [0.1, 0.15) is 38.3 Å². The molecule has 0 spiro atoms. The first-order valence-corrected chi connectivity index (χ1v) is 12.8. The van der Waals surface area contributed by atoms with Crippen molar-refractivity contribution in [3.63, 3.8) is 0 Å². The van der Waals surface area contributed by atoms with Crippen molar-refractivity contribution in [3.05, 3.63) is 90.4 Å². The van der Waals surface area contributed by atoms with Gasteiger partial charge in [0.05, 0.1) is 34.2 Å². The molecule has 3 aromatic carbocycles. The van der Waals surface area contributed by atoms with Crippen LogP contribution in [0.4, 0.5) is 10.1 Å². The summed E-state index contributed by atoms with van der Waals surface area (Å²) in [6.07, 6.45) is 3.82. The Morgan fingerprint density at radius 1 is 1.03 bits per heavy atom. The third-order valence-corrected chi connectivity index (χ3v) is 8.27. The SMILES string of the molecule is CC1(C)SN(c2ccc3c(cnn3-c3ccc(F)cc3)c2)[C@H](c2ccccc2)[C@H]1NC(=O)C1CC1. The maximum Gasteiger partial charge on any atom is 0.223 e. The van der Waals surface area contributed by atoms with Crippen LogP contribution >= 0.6 is 11.9 Å². The van der Waals surface area contributed by atoms with Crippen LogP contribution in [0.3, 0.4) is 0 Å². The van der Waals surface area contributed by atoms with E-state index in [0.29, 0.717) is 0 Å². The van der Waals surface area contributed by atoms with Gasteiger partial charge >= 0.3 is 0 Å². The number of carbonyl (C=O) groups is 1. The van der Waals surface area contributed by atoms with Gasteiger partial charge in [-0.3, -0.25) is 4.79 Å². The molecule has 2 atom stereocenters. The standard InChI is InChI=1S/C28H27FN4OS/c1-28(2)26(31-27(34)19-8-9-19)25(18-6-4-3-5-7-18)33(35-28)23-14-15-24-20(16-23)17-30-32(24)22-12-10-21(29)11-13-22/h3-7,10-17,19,25-26H,8-9H2,1-2H3,(H,31,34)/t25-,26-/m1/s1. The summed E-state index contributed by atoms with van der Waals surface area (Å²) in [6, 6.07) is 23.0. The molecule has 1 aliphatic heterocycles. The van der Waals surface area contributed by atoms with Crippen LogP contribution in [-0.4, -0.2) is 26.5 Å². The first kappa shape index (κ1) is 22.2. The lowest BCUT2D eigenvalue weighted by Gasteiger charge is -2.31. The number of nitrogens with one attached hydrogen (secondary N) is 1. The van der Waals surface area contributed by atoms with Gasteiger partial charge in [0.25, 0.3) is 0 Å². The highest BCUT2D eigenvalue weighted by Crippen LogP contribution is 2.52. The van der Waals surface area contributed by atoms with Crippen molar-refractivity contribution in [1.82, 2.24) is 15.1 Å². The maximum atomic E-state index is 13.4. The van der Waals surface area contributed by atoms with Crippen molar-refractivity contribution >= 4 is 34.4 Å². The number of fused-ring (bicyclic) bond motifs is 1. The number of carbonyl (C=O) groups excluding carboxylic acids is 1. The molecule has 5 nitrogen and oxygen atoms in total. The zero-order chi connectivity index (χ0) is 24.2. The number of anilines is 1. The second kappa shape index (κ2) is 8.41. The van der Waals surface area contributed by atoms with Gasteiger partial charge in [-0.25, -0.2) is 9.07 Å². The van der Waals surface area contributed by atoms with Crippen LogP contribution in [0.25, 0.3) is 16.6 Å². The van der Waals surface area contributed by atoms with Crippen LogP contribution in [0.2, 0.25) is 0 Å². The smallest absolute Gasteiger partial charge is 0.223 e. The van der Waals surface area contributed by atoms with Crippen LogP contribution < -0.4 is 9.62 Å². The Labute approximate surface area is 208 Å². The number of amides is 1. The minimum Gasteiger partial charge on any atom is -0.349 e. The van der Waals surface area contributed by atoms with Crippen LogP contribution in [0, 0.1) is 11.7 Å². The highest BCUT2D eigenvalue weighted by atomic mass is 32.2. The molecule has 2 aliphatic rings. The molecule has 0 radical (unpaired) electrons. The van der Waals surface area contributed by atoms with E-state index in [1.807, 2.05) is 16.9 Å². The fourth-order valence-corrected chi connectivity index (χ4v) is 6.27. The highest BCUT2D eigenvalue weighted by molar-refractivity contribution is 8.02. The van der Waals surface area contributed by atoms with Gasteiger partial charge in [-0.05, 0) is 86.7 Å². The van der Waals surface area contributed by atoms with E-state index in [-0.39, 0.29) is 34.5 Å². The first-order valence-electron chi connectivity index (χ1n) is 12.0. The Balaban J connectivity index is 1.39. The van der Waals surface area contributed by atoms with Crippen LogP contribution in [0.15, 0.2) is 79.0 Å². The number of hydrogen-bond donors (Lipinski definition) is 1. The Bertz CT molecular complexity index is 1380. The maximum absolute atomic E-state index is 13.4. The van der Waals surface area contributed by atoms with Crippen molar-refractivity contribution in [3.8, 4) is 5.69 Å². The van der Waals surface area contributed by atoms with E-state index < -0.39 is 0 Å². The Kier molecular flexibility index (Phi) is 5.33. The molecule has 4 aromatic rings. The molecule has 2 heterocycles. The van der Waals surface area contributed by atoms with Crippen molar-refractivity contribution in [2.75, 3.05) is 4.31 Å². The average molecular weight is 487 g/mol. The molecule has 2 fully saturated rings. The van der Waals surface area contributed by atoms with Gasteiger partial charge in [0.2, 0.25) is 5.91 Å². The summed E-state index contributed by atoms with van der Waals surface area (Å²) < 4.78 is 17.4. The summed E-state index contributed by atoms with van der Waals surface area (Å²) in [6.45, 7) is 4.41. The summed E-state index contributed by atoms with van der Waals surface area (Å²) in [4.78, 5) is 12.8. The van der Waals surface area contributed by atoms with Crippen molar-refractivity contribution in [1.29, 1.82) is 0 Å². The summed E-state index contributed by atoms with van der Waals surface area (Å²) in [7, 11) is 0. The third-order valence-electron chi connectivity index (χ3n) is 6.92. The predicted molar refractivity (Wildman–Crippen MR) is 139 cm³/mol. The number of benzene rings is 3. The molecule has 178 valence electrons. The summed E-state index contributed by atoms with van der Waals surface area (Å²) in [5.74, 6) is 0.0638. The Hall–Kier alpha value is -3.32. The second-order valence-corrected chi connectivity index (χ2v) is 11.5. The monoisotopic (exact) mass is 486 g/mol. The highest BCUT2D eigenvalue weighted by Gasteiger charge is 2.50. The van der Waals surface area contributed by atoms with E-state index in [0.717, 1.165) is 35.1 Å². The molecular formula is C28H27FN4OS. The zero-order valence-corrected chi connectivity index (χ0v) is 20.5. The van der Waals surface area contributed by atoms with Crippen molar-refractivity contribution in [2.45, 2.75) is 43.5 Å². The molecule has 1 amide bonds. The Morgan fingerprint density at radius 3 is 2.46 bits per heavy atom. The van der Waals surface area contributed by atoms with Crippen LogP contribution in [0.5, 0.6) is 0 Å². The molecule has 1 saturated heterocycles. The largest absolute Gasteiger partial charge is 0.349 e. The second-order valence-electron chi connectivity index (χ2n) is 9.91. The van der Waals surface area contributed by atoms with E-state index >= 15 is 0 Å². The topological polar surface area (TPSA) is 50.2 Å². The van der Waals surface area contributed by atoms with E-state index in [2.05, 4.69) is 71.0 Å². The molecule has 1 aromatic heterocycles. The van der Waals surface area contributed by atoms with Gasteiger partial charge < -0.3 is 9.62 Å². The molecule has 0 bridgehead atoms. The molecule has 1 N–H and O–H groups in total. The van der Waals surface area contributed by atoms with Gasteiger partial charge in [0.1, 0.15) is 5.82 Å². The van der Waals surface area contributed by atoms with E-state index in [1.54, 1.807) is 24.1 Å². The molecule has 6 rings (SSSR count). The molecular weight excluding hydrogens is 459 g/mol. The van der Waals surface area contributed by atoms with Crippen molar-refractivity contribution in [2.24, 2.45) is 5.92 Å². The molecule has 0 unspecified atom stereocenters. The lowest BCUT2D eigenvalue weighted by Crippen LogP contribution is -2.48.